The van der Waals surface area contributed by atoms with Crippen LogP contribution in [0.5, 0.6) is 0 Å². The van der Waals surface area contributed by atoms with Gasteiger partial charge in [-0.05, 0) is 38.3 Å². The number of nitrogens with one attached hydrogen (secondary N) is 2. The van der Waals surface area contributed by atoms with Crippen molar-refractivity contribution in [2.75, 3.05) is 19.0 Å². The molecule has 0 fully saturated rings. The largest absolute Gasteiger partial charge is 0.385 e. The molecule has 136 valence electrons. The smallest absolute Gasteiger partial charge is 0.343 e. The quantitative estimate of drug-likeness (QED) is 0.554. The second-order valence-electron chi connectivity index (χ2n) is 5.83. The number of nitrogens with zero attached hydrogens (tertiary/aromatic N) is 2. The van der Waals surface area contributed by atoms with Crippen LogP contribution < -0.4 is 11.0 Å². The summed E-state index contributed by atoms with van der Waals surface area (Å²) >= 11 is 1.26. The number of aromatic nitrogens is 3. The first kappa shape index (κ1) is 19.3. The van der Waals surface area contributed by atoms with E-state index in [0.717, 1.165) is 16.8 Å². The van der Waals surface area contributed by atoms with E-state index in [9.17, 15) is 9.59 Å². The first-order valence-corrected chi connectivity index (χ1v) is 9.00. The summed E-state index contributed by atoms with van der Waals surface area (Å²) in [5.74, 6) is -0.124. The SMILES string of the molecule is COCCCn1c(S[C@@H](C)C(=O)Nc2c(C)cccc2C)n[nH]c1=O. The zero-order chi connectivity index (χ0) is 18.4. The lowest BCUT2D eigenvalue weighted by molar-refractivity contribution is -0.115. The molecule has 0 aliphatic rings. The van der Waals surface area contributed by atoms with E-state index < -0.39 is 5.25 Å². The lowest BCUT2D eigenvalue weighted by Crippen LogP contribution is -2.25. The van der Waals surface area contributed by atoms with Crippen molar-refractivity contribution in [3.05, 3.63) is 39.8 Å². The highest BCUT2D eigenvalue weighted by molar-refractivity contribution is 8.00. The standard InChI is InChI=1S/C17H24N4O3S/c1-11-7-5-8-12(2)14(11)18-15(22)13(3)25-17-20-19-16(23)21(17)9-6-10-24-4/h5,7-8,13H,6,9-10H2,1-4H3,(H,18,22)(H,19,23)/t13-/m0/s1. The summed E-state index contributed by atoms with van der Waals surface area (Å²) in [7, 11) is 1.62. The summed E-state index contributed by atoms with van der Waals surface area (Å²) in [6.07, 6.45) is 0.701. The molecule has 0 bridgehead atoms. The number of rotatable bonds is 8. The van der Waals surface area contributed by atoms with Crippen molar-refractivity contribution in [2.45, 2.75) is 44.1 Å². The molecular weight excluding hydrogens is 340 g/mol. The molecule has 1 amide bonds. The summed E-state index contributed by atoms with van der Waals surface area (Å²) in [6, 6.07) is 5.88. The van der Waals surface area contributed by atoms with Gasteiger partial charge in [0.1, 0.15) is 0 Å². The average molecular weight is 364 g/mol. The number of para-hydroxylation sites is 1. The lowest BCUT2D eigenvalue weighted by Gasteiger charge is -2.15. The lowest BCUT2D eigenvalue weighted by atomic mass is 10.1. The number of aromatic amines is 1. The fourth-order valence-corrected chi connectivity index (χ4v) is 3.29. The molecule has 2 N–H and O–H groups in total. The van der Waals surface area contributed by atoms with Gasteiger partial charge in [0, 0.05) is 25.9 Å². The van der Waals surface area contributed by atoms with Crippen molar-refractivity contribution in [3.8, 4) is 0 Å². The Morgan fingerprint density at radius 2 is 2.08 bits per heavy atom. The zero-order valence-electron chi connectivity index (χ0n) is 15.0. The van der Waals surface area contributed by atoms with Gasteiger partial charge in [-0.1, -0.05) is 30.0 Å². The third-order valence-corrected chi connectivity index (χ3v) is 4.92. The van der Waals surface area contributed by atoms with Crippen LogP contribution >= 0.6 is 11.8 Å². The van der Waals surface area contributed by atoms with Crippen molar-refractivity contribution in [1.29, 1.82) is 0 Å². The monoisotopic (exact) mass is 364 g/mol. The number of hydrogen-bond acceptors (Lipinski definition) is 5. The third-order valence-electron chi connectivity index (χ3n) is 3.83. The van der Waals surface area contributed by atoms with Crippen LogP contribution in [0.25, 0.3) is 0 Å². The molecule has 1 aromatic heterocycles. The van der Waals surface area contributed by atoms with Gasteiger partial charge in [-0.3, -0.25) is 9.36 Å². The maximum atomic E-state index is 12.5. The van der Waals surface area contributed by atoms with E-state index >= 15 is 0 Å². The highest BCUT2D eigenvalue weighted by Gasteiger charge is 2.20. The molecular formula is C17H24N4O3S. The van der Waals surface area contributed by atoms with Gasteiger partial charge in [-0.25, -0.2) is 9.89 Å². The minimum Gasteiger partial charge on any atom is -0.385 e. The van der Waals surface area contributed by atoms with Gasteiger partial charge in [0.25, 0.3) is 0 Å². The highest BCUT2D eigenvalue weighted by atomic mass is 32.2. The zero-order valence-corrected chi connectivity index (χ0v) is 15.8. The molecule has 0 unspecified atom stereocenters. The van der Waals surface area contributed by atoms with Crippen LogP contribution in [0.3, 0.4) is 0 Å². The number of thioether (sulfide) groups is 1. The number of anilines is 1. The van der Waals surface area contributed by atoms with Crippen LogP contribution in [0.2, 0.25) is 0 Å². The molecule has 0 aliphatic heterocycles. The summed E-state index contributed by atoms with van der Waals surface area (Å²) in [5.41, 5.74) is 2.59. The molecule has 2 aromatic rings. The Kier molecular flexibility index (Phi) is 6.83. The predicted octanol–water partition coefficient (Wildman–Crippen LogP) is 2.34. The Hall–Kier alpha value is -2.06. The Balaban J connectivity index is 2.05. The third kappa shape index (κ3) is 4.96. The van der Waals surface area contributed by atoms with Crippen LogP contribution in [0, 0.1) is 13.8 Å². The first-order valence-electron chi connectivity index (χ1n) is 8.12. The number of amides is 1. The summed E-state index contributed by atoms with van der Waals surface area (Å²) in [5, 5.41) is 9.55. The fraction of sp³-hybridized carbons (Fsp3) is 0.471. The predicted molar refractivity (Wildman–Crippen MR) is 99.2 cm³/mol. The number of hydrogen-bond donors (Lipinski definition) is 2. The Bertz CT molecular complexity index is 764. The van der Waals surface area contributed by atoms with Crippen molar-refractivity contribution in [3.63, 3.8) is 0 Å². The van der Waals surface area contributed by atoms with E-state index in [1.54, 1.807) is 14.0 Å². The van der Waals surface area contributed by atoms with Crippen LogP contribution in [0.1, 0.15) is 24.5 Å². The van der Waals surface area contributed by atoms with E-state index in [1.807, 2.05) is 32.0 Å². The Morgan fingerprint density at radius 1 is 1.40 bits per heavy atom. The number of aryl methyl sites for hydroxylation is 2. The minimum absolute atomic E-state index is 0.124. The Morgan fingerprint density at radius 3 is 2.72 bits per heavy atom. The molecule has 0 saturated heterocycles. The number of benzene rings is 1. The van der Waals surface area contributed by atoms with Crippen molar-refractivity contribution in [2.24, 2.45) is 0 Å². The second-order valence-corrected chi connectivity index (χ2v) is 7.13. The molecule has 0 saturated carbocycles. The summed E-state index contributed by atoms with van der Waals surface area (Å²) in [6.45, 7) is 6.77. The van der Waals surface area contributed by atoms with Gasteiger partial charge in [-0.15, -0.1) is 5.10 Å². The van der Waals surface area contributed by atoms with Gasteiger partial charge >= 0.3 is 5.69 Å². The molecule has 1 atom stereocenters. The van der Waals surface area contributed by atoms with Gasteiger partial charge in [0.15, 0.2) is 5.16 Å². The van der Waals surface area contributed by atoms with Crippen molar-refractivity contribution in [1.82, 2.24) is 14.8 Å². The second kappa shape index (κ2) is 8.87. The van der Waals surface area contributed by atoms with E-state index in [-0.39, 0.29) is 11.6 Å². The molecule has 1 heterocycles. The van der Waals surface area contributed by atoms with Gasteiger partial charge in [0.05, 0.1) is 5.25 Å². The molecule has 25 heavy (non-hydrogen) atoms. The number of H-pyrrole nitrogens is 1. The molecule has 0 aliphatic carbocycles. The highest BCUT2D eigenvalue weighted by Crippen LogP contribution is 2.24. The van der Waals surface area contributed by atoms with Crippen LogP contribution in [0.4, 0.5) is 5.69 Å². The van der Waals surface area contributed by atoms with E-state index in [1.165, 1.54) is 16.3 Å². The molecule has 0 radical (unpaired) electrons. The van der Waals surface area contributed by atoms with E-state index in [0.29, 0.717) is 24.7 Å². The fourth-order valence-electron chi connectivity index (χ4n) is 2.41. The minimum atomic E-state index is -0.393. The van der Waals surface area contributed by atoms with Crippen molar-refractivity contribution >= 4 is 23.4 Å². The number of carbonyl (C=O) groups is 1. The molecule has 8 heteroatoms. The number of ether oxygens (including phenoxy) is 1. The molecule has 1 aromatic carbocycles. The number of carbonyl (C=O) groups excluding carboxylic acids is 1. The normalized spacial score (nSPS) is 12.2. The van der Waals surface area contributed by atoms with E-state index in [2.05, 4.69) is 15.5 Å². The molecule has 2 rings (SSSR count). The Labute approximate surface area is 151 Å². The topological polar surface area (TPSA) is 89.0 Å². The first-order chi connectivity index (χ1) is 11.9. The maximum Gasteiger partial charge on any atom is 0.343 e. The molecule has 7 nitrogen and oxygen atoms in total. The van der Waals surface area contributed by atoms with Gasteiger partial charge in [-0.2, -0.15) is 0 Å². The average Bonchev–Trinajstić information content (AvgIpc) is 2.91. The van der Waals surface area contributed by atoms with E-state index in [4.69, 9.17) is 4.74 Å². The van der Waals surface area contributed by atoms with Gasteiger partial charge in [0.2, 0.25) is 5.91 Å². The maximum absolute atomic E-state index is 12.5. The van der Waals surface area contributed by atoms with Crippen molar-refractivity contribution < 1.29 is 9.53 Å². The number of methoxy groups -OCH3 is 1. The molecule has 0 spiro atoms. The van der Waals surface area contributed by atoms with Crippen LogP contribution in [-0.2, 0) is 16.1 Å². The van der Waals surface area contributed by atoms with Crippen LogP contribution in [0.15, 0.2) is 28.2 Å². The van der Waals surface area contributed by atoms with Crippen LogP contribution in [-0.4, -0.2) is 39.6 Å². The summed E-state index contributed by atoms with van der Waals surface area (Å²) < 4.78 is 6.55. The summed E-state index contributed by atoms with van der Waals surface area (Å²) in [4.78, 5) is 24.4. The van der Waals surface area contributed by atoms with Gasteiger partial charge < -0.3 is 10.1 Å².